The third-order valence-electron chi connectivity index (χ3n) is 4.77. The van der Waals surface area contributed by atoms with E-state index in [9.17, 15) is 4.79 Å². The van der Waals surface area contributed by atoms with Crippen molar-refractivity contribution in [1.82, 2.24) is 15.2 Å². The number of rotatable bonds is 6. The number of carbonyl (C=O) groups excluding carboxylic acids is 1. The molecule has 2 atom stereocenters. The molecule has 1 aromatic rings. The molecule has 1 aliphatic carbocycles. The van der Waals surface area contributed by atoms with Gasteiger partial charge in [-0.1, -0.05) is 13.0 Å². The lowest BCUT2D eigenvalue weighted by molar-refractivity contribution is -0.125. The Morgan fingerprint density at radius 3 is 2.86 bits per heavy atom. The minimum atomic E-state index is 0.138. The molecule has 1 saturated carbocycles. The van der Waals surface area contributed by atoms with Gasteiger partial charge in [0.1, 0.15) is 0 Å². The van der Waals surface area contributed by atoms with Crippen molar-refractivity contribution in [2.45, 2.75) is 25.8 Å². The number of pyridine rings is 1. The first kappa shape index (κ1) is 15.4. The number of aromatic nitrogens is 1. The van der Waals surface area contributed by atoms with Crippen LogP contribution in [-0.2, 0) is 9.53 Å². The van der Waals surface area contributed by atoms with E-state index in [1.54, 1.807) is 6.20 Å². The molecule has 0 bridgehead atoms. The van der Waals surface area contributed by atoms with Gasteiger partial charge >= 0.3 is 0 Å². The maximum Gasteiger partial charge on any atom is 0.223 e. The number of amides is 1. The second-order valence-electron chi connectivity index (χ2n) is 6.32. The van der Waals surface area contributed by atoms with Crippen LogP contribution in [0, 0.1) is 11.8 Å². The summed E-state index contributed by atoms with van der Waals surface area (Å²) in [7, 11) is 0. The lowest BCUT2D eigenvalue weighted by Gasteiger charge is -2.34. The Morgan fingerprint density at radius 2 is 2.23 bits per heavy atom. The van der Waals surface area contributed by atoms with Crippen molar-refractivity contribution in [2.24, 2.45) is 11.8 Å². The number of hydrogen-bond donors (Lipinski definition) is 1. The van der Waals surface area contributed by atoms with E-state index < -0.39 is 0 Å². The monoisotopic (exact) mass is 303 g/mol. The molecule has 5 nitrogen and oxygen atoms in total. The van der Waals surface area contributed by atoms with Gasteiger partial charge in [0.25, 0.3) is 0 Å². The summed E-state index contributed by atoms with van der Waals surface area (Å²) in [5, 5.41) is 3.15. The smallest absolute Gasteiger partial charge is 0.223 e. The van der Waals surface area contributed by atoms with E-state index in [2.05, 4.69) is 21.3 Å². The van der Waals surface area contributed by atoms with Crippen LogP contribution in [0.1, 0.15) is 31.4 Å². The van der Waals surface area contributed by atoms with Gasteiger partial charge in [-0.2, -0.15) is 0 Å². The maximum absolute atomic E-state index is 12.3. The second kappa shape index (κ2) is 7.20. The average Bonchev–Trinajstić information content (AvgIpc) is 3.41. The van der Waals surface area contributed by atoms with E-state index in [0.717, 1.165) is 31.9 Å². The summed E-state index contributed by atoms with van der Waals surface area (Å²) in [5.41, 5.74) is 1.16. The summed E-state index contributed by atoms with van der Waals surface area (Å²) in [6.45, 7) is 5.98. The lowest BCUT2D eigenvalue weighted by Crippen LogP contribution is -2.44. The van der Waals surface area contributed by atoms with Gasteiger partial charge < -0.3 is 10.1 Å². The van der Waals surface area contributed by atoms with Crippen LogP contribution in [0.15, 0.2) is 24.5 Å². The highest BCUT2D eigenvalue weighted by molar-refractivity contribution is 5.78. The fraction of sp³-hybridized carbons (Fsp3) is 0.647. The zero-order chi connectivity index (χ0) is 15.4. The summed E-state index contributed by atoms with van der Waals surface area (Å²) in [5.74, 6) is 0.920. The van der Waals surface area contributed by atoms with E-state index in [1.165, 1.54) is 12.8 Å². The first-order chi connectivity index (χ1) is 10.8. The highest BCUT2D eigenvalue weighted by atomic mass is 16.5. The van der Waals surface area contributed by atoms with Crippen molar-refractivity contribution >= 4 is 5.91 Å². The van der Waals surface area contributed by atoms with Crippen molar-refractivity contribution in [3.05, 3.63) is 30.1 Å². The number of ether oxygens (including phenoxy) is 1. The molecule has 1 N–H and O–H groups in total. The van der Waals surface area contributed by atoms with Crippen molar-refractivity contribution in [3.8, 4) is 0 Å². The third-order valence-corrected chi connectivity index (χ3v) is 4.77. The van der Waals surface area contributed by atoms with Crippen molar-refractivity contribution in [2.75, 3.05) is 32.8 Å². The van der Waals surface area contributed by atoms with Gasteiger partial charge in [0.2, 0.25) is 5.91 Å². The zero-order valence-electron chi connectivity index (χ0n) is 13.2. The summed E-state index contributed by atoms with van der Waals surface area (Å²) in [6, 6.07) is 4.22. The van der Waals surface area contributed by atoms with E-state index in [4.69, 9.17) is 4.74 Å². The third kappa shape index (κ3) is 3.84. The first-order valence-electron chi connectivity index (χ1n) is 8.25. The van der Waals surface area contributed by atoms with Gasteiger partial charge in [-0.15, -0.1) is 0 Å². The van der Waals surface area contributed by atoms with Crippen LogP contribution >= 0.6 is 0 Å². The predicted molar refractivity (Wildman–Crippen MR) is 84.3 cm³/mol. The molecular formula is C17H25N3O2. The quantitative estimate of drug-likeness (QED) is 0.867. The molecule has 5 heteroatoms. The van der Waals surface area contributed by atoms with E-state index in [0.29, 0.717) is 12.5 Å². The van der Waals surface area contributed by atoms with E-state index >= 15 is 0 Å². The Hall–Kier alpha value is -1.46. The number of morpholine rings is 1. The number of carbonyl (C=O) groups is 1. The van der Waals surface area contributed by atoms with Gasteiger partial charge in [0.05, 0.1) is 19.3 Å². The topological polar surface area (TPSA) is 54.5 Å². The van der Waals surface area contributed by atoms with Crippen LogP contribution in [0.2, 0.25) is 0 Å². The Morgan fingerprint density at radius 1 is 1.45 bits per heavy atom. The molecule has 1 amide bonds. The Bertz CT molecular complexity index is 484. The first-order valence-corrected chi connectivity index (χ1v) is 8.25. The SMILES string of the molecule is CC(C(=O)NCC(c1cccnc1)N1CCOCC1)C1CC1. The predicted octanol–water partition coefficient (Wildman–Crippen LogP) is 1.62. The molecule has 2 heterocycles. The highest BCUT2D eigenvalue weighted by Gasteiger charge is 2.33. The molecule has 22 heavy (non-hydrogen) atoms. The summed E-state index contributed by atoms with van der Waals surface area (Å²) < 4.78 is 5.44. The lowest BCUT2D eigenvalue weighted by atomic mass is 10.0. The number of hydrogen-bond acceptors (Lipinski definition) is 4. The van der Waals surface area contributed by atoms with Crippen LogP contribution in [0.25, 0.3) is 0 Å². The second-order valence-corrected chi connectivity index (χ2v) is 6.32. The molecule has 2 unspecified atom stereocenters. The van der Waals surface area contributed by atoms with Crippen LogP contribution in [-0.4, -0.2) is 48.6 Å². The zero-order valence-corrected chi connectivity index (χ0v) is 13.2. The van der Waals surface area contributed by atoms with Gasteiger partial charge in [-0.25, -0.2) is 0 Å². The molecule has 2 aliphatic rings. The van der Waals surface area contributed by atoms with Crippen LogP contribution < -0.4 is 5.32 Å². The Kier molecular flexibility index (Phi) is 5.05. The normalized spacial score (nSPS) is 22.0. The van der Waals surface area contributed by atoms with E-state index in [1.807, 2.05) is 19.2 Å². The summed E-state index contributed by atoms with van der Waals surface area (Å²) in [6.07, 6.45) is 6.08. The van der Waals surface area contributed by atoms with Gasteiger partial charge in [-0.3, -0.25) is 14.7 Å². The van der Waals surface area contributed by atoms with Crippen molar-refractivity contribution in [3.63, 3.8) is 0 Å². The van der Waals surface area contributed by atoms with Crippen molar-refractivity contribution < 1.29 is 9.53 Å². The largest absolute Gasteiger partial charge is 0.379 e. The minimum absolute atomic E-state index is 0.138. The standard InChI is InChI=1S/C17H25N3O2/c1-13(14-4-5-14)17(21)19-12-16(15-3-2-6-18-11-15)20-7-9-22-10-8-20/h2-3,6,11,13-14,16H,4-5,7-10,12H2,1H3,(H,19,21). The average molecular weight is 303 g/mol. The summed E-state index contributed by atoms with van der Waals surface area (Å²) >= 11 is 0. The molecule has 120 valence electrons. The van der Waals surface area contributed by atoms with Gasteiger partial charge in [0.15, 0.2) is 0 Å². The molecular weight excluding hydrogens is 278 g/mol. The molecule has 2 fully saturated rings. The van der Waals surface area contributed by atoms with Crippen LogP contribution in [0.3, 0.4) is 0 Å². The summed E-state index contributed by atoms with van der Waals surface area (Å²) in [4.78, 5) is 18.9. The Labute approximate surface area is 132 Å². The molecule has 1 aliphatic heterocycles. The van der Waals surface area contributed by atoms with Gasteiger partial charge in [0, 0.05) is 37.9 Å². The number of nitrogens with one attached hydrogen (secondary N) is 1. The maximum atomic E-state index is 12.3. The minimum Gasteiger partial charge on any atom is -0.379 e. The fourth-order valence-corrected chi connectivity index (χ4v) is 3.09. The molecule has 1 aromatic heterocycles. The van der Waals surface area contributed by atoms with Crippen LogP contribution in [0.5, 0.6) is 0 Å². The molecule has 0 aromatic carbocycles. The van der Waals surface area contributed by atoms with Gasteiger partial charge in [-0.05, 0) is 30.4 Å². The molecule has 0 radical (unpaired) electrons. The van der Waals surface area contributed by atoms with Crippen molar-refractivity contribution in [1.29, 1.82) is 0 Å². The fourth-order valence-electron chi connectivity index (χ4n) is 3.09. The van der Waals surface area contributed by atoms with Crippen LogP contribution in [0.4, 0.5) is 0 Å². The highest BCUT2D eigenvalue weighted by Crippen LogP contribution is 2.36. The molecule has 0 spiro atoms. The Balaban J connectivity index is 1.64. The molecule has 1 saturated heterocycles. The molecule has 3 rings (SSSR count). The van der Waals surface area contributed by atoms with E-state index in [-0.39, 0.29) is 17.9 Å². The number of nitrogens with zero attached hydrogens (tertiary/aromatic N) is 2.